The third-order valence-corrected chi connectivity index (χ3v) is 4.05. The molecule has 1 aliphatic heterocycles. The molecule has 18 heavy (non-hydrogen) atoms. The summed E-state index contributed by atoms with van der Waals surface area (Å²) in [7, 11) is 0. The fraction of sp³-hybridized carbons (Fsp3) is 0.364. The Hall–Kier alpha value is -1.14. The fourth-order valence-corrected chi connectivity index (χ4v) is 2.82. The molecule has 0 amide bonds. The molecule has 2 aliphatic rings. The first-order valence-corrected chi connectivity index (χ1v) is 6.48. The van der Waals surface area contributed by atoms with Crippen molar-refractivity contribution in [2.75, 3.05) is 6.61 Å². The van der Waals surface area contributed by atoms with Crippen molar-refractivity contribution in [3.8, 4) is 0 Å². The summed E-state index contributed by atoms with van der Waals surface area (Å²) in [5, 5.41) is 3.86. The molecule has 2 atom stereocenters. The van der Waals surface area contributed by atoms with Gasteiger partial charge in [0.2, 0.25) is 5.60 Å². The largest absolute Gasteiger partial charge is 0.461 e. The molecular formula is C11H9BrClNO4. The van der Waals surface area contributed by atoms with Gasteiger partial charge in [0.25, 0.3) is 0 Å². The van der Waals surface area contributed by atoms with Crippen molar-refractivity contribution in [1.29, 1.82) is 0 Å². The van der Waals surface area contributed by atoms with E-state index >= 15 is 0 Å². The number of halogens is 2. The molecule has 0 fully saturated rings. The molecule has 0 unspecified atom stereocenters. The Morgan fingerprint density at radius 2 is 2.44 bits per heavy atom. The van der Waals surface area contributed by atoms with Gasteiger partial charge in [-0.15, -0.1) is 0 Å². The zero-order chi connectivity index (χ0) is 13.3. The second-order valence-electron chi connectivity index (χ2n) is 3.67. The summed E-state index contributed by atoms with van der Waals surface area (Å²) in [4.78, 5) is 27.5. The van der Waals surface area contributed by atoms with Gasteiger partial charge >= 0.3 is 5.97 Å². The van der Waals surface area contributed by atoms with Crippen LogP contribution in [-0.4, -0.2) is 34.5 Å². The van der Waals surface area contributed by atoms with Crippen LogP contribution in [0.5, 0.6) is 0 Å². The van der Waals surface area contributed by atoms with Crippen LogP contribution in [0.2, 0.25) is 0 Å². The minimum Gasteiger partial charge on any atom is -0.461 e. The van der Waals surface area contributed by atoms with E-state index in [-0.39, 0.29) is 23.1 Å². The van der Waals surface area contributed by atoms with Gasteiger partial charge in [0, 0.05) is 6.08 Å². The number of carbonyl (C=O) groups excluding carboxylic acids is 2. The summed E-state index contributed by atoms with van der Waals surface area (Å²) in [6.45, 7) is 1.93. The van der Waals surface area contributed by atoms with E-state index in [1.165, 1.54) is 18.2 Å². The summed E-state index contributed by atoms with van der Waals surface area (Å²) < 4.78 is 4.85. The van der Waals surface area contributed by atoms with Gasteiger partial charge in [0.1, 0.15) is 4.83 Å². The first-order chi connectivity index (χ1) is 8.51. The van der Waals surface area contributed by atoms with Crippen LogP contribution in [0.25, 0.3) is 0 Å². The summed E-state index contributed by atoms with van der Waals surface area (Å²) in [6, 6.07) is 0. The van der Waals surface area contributed by atoms with Crippen molar-refractivity contribution < 1.29 is 19.2 Å². The first-order valence-electron chi connectivity index (χ1n) is 5.19. The van der Waals surface area contributed by atoms with Crippen molar-refractivity contribution in [2.24, 2.45) is 5.16 Å². The molecule has 0 aromatic rings. The average molecular weight is 335 g/mol. The monoisotopic (exact) mass is 333 g/mol. The van der Waals surface area contributed by atoms with Crippen LogP contribution in [0, 0.1) is 0 Å². The third kappa shape index (κ3) is 1.99. The zero-order valence-electron chi connectivity index (χ0n) is 9.35. The Morgan fingerprint density at radius 1 is 1.72 bits per heavy atom. The number of oxime groups is 1. The highest BCUT2D eigenvalue weighted by Crippen LogP contribution is 2.41. The first kappa shape index (κ1) is 13.3. The maximum atomic E-state index is 11.6. The summed E-state index contributed by atoms with van der Waals surface area (Å²) in [5.41, 5.74) is -1.06. The van der Waals surface area contributed by atoms with E-state index in [1.54, 1.807) is 6.92 Å². The van der Waals surface area contributed by atoms with Gasteiger partial charge in [-0.2, -0.15) is 0 Å². The van der Waals surface area contributed by atoms with Crippen molar-refractivity contribution in [3.63, 3.8) is 0 Å². The smallest absolute Gasteiger partial charge is 0.357 e. The van der Waals surface area contributed by atoms with Crippen LogP contribution in [0.15, 0.2) is 28.4 Å². The average Bonchev–Trinajstić information content (AvgIpc) is 2.64. The van der Waals surface area contributed by atoms with Gasteiger partial charge < -0.3 is 9.57 Å². The molecular weight excluding hydrogens is 325 g/mol. The molecule has 1 aliphatic carbocycles. The molecule has 7 heteroatoms. The van der Waals surface area contributed by atoms with Gasteiger partial charge in [0.15, 0.2) is 11.5 Å². The fourth-order valence-electron chi connectivity index (χ4n) is 1.62. The van der Waals surface area contributed by atoms with Crippen molar-refractivity contribution >= 4 is 45.0 Å². The SMILES string of the molecule is CCOC(=O)C1=NO[C@]2(C=CC(=O)C=C2Cl)[C@@H]1Br. The highest BCUT2D eigenvalue weighted by molar-refractivity contribution is 9.10. The summed E-state index contributed by atoms with van der Waals surface area (Å²) in [5.74, 6) is -0.815. The van der Waals surface area contributed by atoms with E-state index in [2.05, 4.69) is 21.1 Å². The van der Waals surface area contributed by atoms with E-state index in [9.17, 15) is 9.59 Å². The Bertz CT molecular complexity index is 499. The number of alkyl halides is 1. The predicted molar refractivity (Wildman–Crippen MR) is 68.7 cm³/mol. The number of ketones is 1. The minimum absolute atomic E-state index is 0.0856. The van der Waals surface area contributed by atoms with Crippen LogP contribution in [-0.2, 0) is 19.2 Å². The number of ether oxygens (including phenoxy) is 1. The number of hydrogen-bond donors (Lipinski definition) is 0. The molecule has 1 spiro atoms. The highest BCUT2D eigenvalue weighted by atomic mass is 79.9. The number of allylic oxidation sites excluding steroid dienone is 2. The molecule has 2 rings (SSSR count). The quantitative estimate of drug-likeness (QED) is 0.569. The standard InChI is InChI=1S/C11H9BrClNO4/c1-2-17-10(16)8-9(12)11(18-14-8)4-3-6(15)5-7(11)13/h3-5,9H,2H2,1H3/t9-,11+/m1/s1. The van der Waals surface area contributed by atoms with E-state index in [1.807, 2.05) is 0 Å². The summed E-state index contributed by atoms with van der Waals surface area (Å²) in [6.07, 6.45) is 4.04. The predicted octanol–water partition coefficient (Wildman–Crippen LogP) is 1.70. The van der Waals surface area contributed by atoms with E-state index in [0.717, 1.165) is 0 Å². The summed E-state index contributed by atoms with van der Waals surface area (Å²) >= 11 is 9.33. The van der Waals surface area contributed by atoms with E-state index < -0.39 is 16.4 Å². The van der Waals surface area contributed by atoms with Crippen molar-refractivity contribution in [3.05, 3.63) is 23.3 Å². The molecule has 0 N–H and O–H groups in total. The maximum Gasteiger partial charge on any atom is 0.357 e. The normalized spacial score (nSPS) is 29.9. The second-order valence-corrected chi connectivity index (χ2v) is 4.99. The number of rotatable bonds is 2. The topological polar surface area (TPSA) is 65.0 Å². The molecule has 0 radical (unpaired) electrons. The Balaban J connectivity index is 2.27. The molecule has 0 saturated heterocycles. The van der Waals surface area contributed by atoms with Crippen LogP contribution < -0.4 is 0 Å². The Morgan fingerprint density at radius 3 is 3.06 bits per heavy atom. The lowest BCUT2D eigenvalue weighted by Crippen LogP contribution is -2.42. The minimum atomic E-state index is -1.14. The van der Waals surface area contributed by atoms with Crippen LogP contribution in [0.1, 0.15) is 6.92 Å². The Kier molecular flexibility index (Phi) is 3.59. The van der Waals surface area contributed by atoms with Crippen LogP contribution >= 0.6 is 27.5 Å². The molecule has 0 aromatic heterocycles. The van der Waals surface area contributed by atoms with Gasteiger partial charge in [-0.25, -0.2) is 4.79 Å². The lowest BCUT2D eigenvalue weighted by atomic mass is 9.92. The molecule has 1 heterocycles. The van der Waals surface area contributed by atoms with Crippen molar-refractivity contribution in [1.82, 2.24) is 0 Å². The van der Waals surface area contributed by atoms with E-state index in [0.29, 0.717) is 0 Å². The number of nitrogens with zero attached hydrogens (tertiary/aromatic N) is 1. The number of esters is 1. The van der Waals surface area contributed by atoms with Crippen molar-refractivity contribution in [2.45, 2.75) is 17.4 Å². The molecule has 0 saturated carbocycles. The maximum absolute atomic E-state index is 11.6. The van der Waals surface area contributed by atoms with Gasteiger partial charge in [0.05, 0.1) is 11.6 Å². The molecule has 96 valence electrons. The lowest BCUT2D eigenvalue weighted by molar-refractivity contribution is -0.135. The van der Waals surface area contributed by atoms with Gasteiger partial charge in [-0.1, -0.05) is 32.7 Å². The zero-order valence-corrected chi connectivity index (χ0v) is 11.7. The van der Waals surface area contributed by atoms with Gasteiger partial charge in [-0.3, -0.25) is 4.79 Å². The second kappa shape index (κ2) is 4.85. The molecule has 0 aromatic carbocycles. The number of carbonyl (C=O) groups is 2. The molecule has 5 nitrogen and oxygen atoms in total. The Labute approximate surface area is 117 Å². The third-order valence-electron chi connectivity index (χ3n) is 2.53. The molecule has 0 bridgehead atoms. The number of hydrogen-bond acceptors (Lipinski definition) is 5. The van der Waals surface area contributed by atoms with Crippen LogP contribution in [0.3, 0.4) is 0 Å². The van der Waals surface area contributed by atoms with Crippen LogP contribution in [0.4, 0.5) is 0 Å². The van der Waals surface area contributed by atoms with Gasteiger partial charge in [-0.05, 0) is 19.1 Å². The highest BCUT2D eigenvalue weighted by Gasteiger charge is 2.52. The lowest BCUT2D eigenvalue weighted by Gasteiger charge is -2.27. The van der Waals surface area contributed by atoms with E-state index in [4.69, 9.17) is 21.2 Å².